The van der Waals surface area contributed by atoms with Crippen molar-refractivity contribution in [2.45, 2.75) is 55.1 Å². The Morgan fingerprint density at radius 1 is 1.17 bits per heavy atom. The maximum absolute atomic E-state index is 14.9. The number of hydrogen-bond acceptors (Lipinski definition) is 6. The van der Waals surface area contributed by atoms with Crippen LogP contribution < -0.4 is 10.9 Å². The van der Waals surface area contributed by atoms with Crippen LogP contribution in [0.2, 0.25) is 0 Å². The third-order valence-electron chi connectivity index (χ3n) is 5.90. The van der Waals surface area contributed by atoms with E-state index in [0.717, 1.165) is 22.8 Å². The summed E-state index contributed by atoms with van der Waals surface area (Å²) >= 11 is 0. The number of aryl methyl sites for hydroxylation is 1. The van der Waals surface area contributed by atoms with Gasteiger partial charge in [0.05, 0.1) is 16.9 Å². The normalized spacial score (nSPS) is 16.5. The number of anilines is 1. The van der Waals surface area contributed by atoms with Crippen LogP contribution in [-0.4, -0.2) is 34.9 Å². The van der Waals surface area contributed by atoms with Gasteiger partial charge in [-0.25, -0.2) is 31.6 Å². The largest absolute Gasteiger partial charge is 0.502 e. The van der Waals surface area contributed by atoms with Crippen LogP contribution in [0.1, 0.15) is 37.2 Å². The van der Waals surface area contributed by atoms with E-state index in [1.165, 1.54) is 20.0 Å². The van der Waals surface area contributed by atoms with Crippen LogP contribution in [0.4, 0.5) is 32.2 Å². The molecule has 1 aliphatic carbocycles. The fourth-order valence-electron chi connectivity index (χ4n) is 3.85. The summed E-state index contributed by atoms with van der Waals surface area (Å²) in [5, 5.41) is 2.92. The van der Waals surface area contributed by atoms with E-state index in [0.29, 0.717) is 6.07 Å². The molecule has 14 heteroatoms. The maximum Gasteiger partial charge on any atom is 0.502 e. The van der Waals surface area contributed by atoms with Gasteiger partial charge in [0.25, 0.3) is 21.8 Å². The predicted octanol–water partition coefficient (Wildman–Crippen LogP) is 4.46. The summed E-state index contributed by atoms with van der Waals surface area (Å²) in [7, 11) is -5.94. The Hall–Kier alpha value is -3.16. The number of nitrogens with one attached hydrogen (secondary N) is 1. The minimum Gasteiger partial charge on any atom is -0.363 e. The summed E-state index contributed by atoms with van der Waals surface area (Å²) in [6.45, 7) is 2.84. The molecule has 4 rings (SSSR count). The number of pyridine rings is 1. The van der Waals surface area contributed by atoms with Crippen LogP contribution in [0.25, 0.3) is 10.9 Å². The summed E-state index contributed by atoms with van der Waals surface area (Å²) < 4.78 is 105. The second kappa shape index (κ2) is 8.21. The molecule has 0 aliphatic heterocycles. The zero-order valence-electron chi connectivity index (χ0n) is 18.2. The third kappa shape index (κ3) is 4.13. The van der Waals surface area contributed by atoms with Gasteiger partial charge in [-0.2, -0.15) is 13.2 Å². The van der Waals surface area contributed by atoms with Gasteiger partial charge >= 0.3 is 5.51 Å². The van der Waals surface area contributed by atoms with Gasteiger partial charge in [-0.3, -0.25) is 4.79 Å². The maximum atomic E-state index is 14.9. The van der Waals surface area contributed by atoms with Gasteiger partial charge in [-0.15, -0.1) is 0 Å². The molecule has 0 spiro atoms. The number of sulfone groups is 1. The van der Waals surface area contributed by atoms with Crippen LogP contribution in [0.3, 0.4) is 0 Å². The number of aromatic nitrogens is 3. The van der Waals surface area contributed by atoms with Gasteiger partial charge in [0.2, 0.25) is 0 Å². The molecule has 0 saturated heterocycles. The number of hydrogen-bond donors (Lipinski definition) is 1. The SMILES string of the molecule is Cc1nc(NC(C)c2cccc(S(=O)(=O)C(F)(F)F)c2F)c2cn(C3(C(F)F)CC3)c(=O)cc2n1. The number of nitrogens with zero attached hydrogens (tertiary/aromatic N) is 3. The molecule has 7 nitrogen and oxygen atoms in total. The topological polar surface area (TPSA) is 94.0 Å². The molecule has 1 aliphatic rings. The molecule has 2 heterocycles. The standard InChI is InChI=1S/C21H18F6N4O3S/c1-10(12-4-3-5-15(17(12)22)35(33,34)21(25,26)27)28-18-13-9-31(20(6-7-20)19(23)24)16(32)8-14(13)29-11(2)30-18/h3-5,8-10,19H,6-7H2,1-2H3,(H,28,29,30). The quantitative estimate of drug-likeness (QED) is 0.483. The lowest BCUT2D eigenvalue weighted by atomic mass is 10.1. The van der Waals surface area contributed by atoms with Crippen molar-refractivity contribution in [2.24, 2.45) is 0 Å². The molecular weight excluding hydrogens is 502 g/mol. The number of halogens is 6. The summed E-state index contributed by atoms with van der Waals surface area (Å²) in [5.74, 6) is -1.41. The van der Waals surface area contributed by atoms with E-state index in [1.54, 1.807) is 0 Å². The number of rotatable bonds is 6. The van der Waals surface area contributed by atoms with Crippen molar-refractivity contribution in [1.29, 1.82) is 0 Å². The second-order valence-corrected chi connectivity index (χ2v) is 10.2. The molecule has 1 N–H and O–H groups in total. The molecular formula is C21H18F6N4O3S. The lowest BCUT2D eigenvalue weighted by Gasteiger charge is -2.21. The fraction of sp³-hybridized carbons (Fsp3) is 0.381. The Bertz CT molecular complexity index is 1480. The van der Waals surface area contributed by atoms with Gasteiger partial charge in [0.1, 0.15) is 27.9 Å². The molecule has 1 saturated carbocycles. The predicted molar refractivity (Wildman–Crippen MR) is 113 cm³/mol. The lowest BCUT2D eigenvalue weighted by molar-refractivity contribution is -0.0437. The summed E-state index contributed by atoms with van der Waals surface area (Å²) in [5.41, 5.74) is -8.32. The van der Waals surface area contributed by atoms with Crippen molar-refractivity contribution in [2.75, 3.05) is 5.32 Å². The molecule has 1 fully saturated rings. The molecule has 0 bridgehead atoms. The lowest BCUT2D eigenvalue weighted by Crippen LogP contribution is -2.35. The van der Waals surface area contributed by atoms with Crippen LogP contribution in [0.15, 0.2) is 40.2 Å². The minimum atomic E-state index is -5.94. The van der Waals surface area contributed by atoms with Crippen molar-refractivity contribution in [1.82, 2.24) is 14.5 Å². The third-order valence-corrected chi connectivity index (χ3v) is 7.40. The molecule has 1 unspecified atom stereocenters. The molecule has 0 amide bonds. The highest BCUT2D eigenvalue weighted by Crippen LogP contribution is 2.48. The Kier molecular flexibility index (Phi) is 5.85. The van der Waals surface area contributed by atoms with Crippen LogP contribution in [0, 0.1) is 12.7 Å². The van der Waals surface area contributed by atoms with Crippen molar-refractivity contribution >= 4 is 26.6 Å². The monoisotopic (exact) mass is 520 g/mol. The van der Waals surface area contributed by atoms with Crippen molar-refractivity contribution in [3.8, 4) is 0 Å². The Balaban J connectivity index is 1.79. The van der Waals surface area contributed by atoms with Gasteiger partial charge in [0, 0.05) is 17.8 Å². The average Bonchev–Trinajstić information content (AvgIpc) is 3.54. The number of benzene rings is 1. The first-order chi connectivity index (χ1) is 16.2. The Labute approximate surface area is 194 Å². The van der Waals surface area contributed by atoms with E-state index in [2.05, 4.69) is 15.3 Å². The molecule has 3 aromatic rings. The van der Waals surface area contributed by atoms with Gasteiger partial charge in [-0.1, -0.05) is 12.1 Å². The van der Waals surface area contributed by atoms with Crippen LogP contribution in [0.5, 0.6) is 0 Å². The summed E-state index contributed by atoms with van der Waals surface area (Å²) in [4.78, 5) is 19.3. The smallest absolute Gasteiger partial charge is 0.363 e. The van der Waals surface area contributed by atoms with E-state index in [-0.39, 0.29) is 35.4 Å². The summed E-state index contributed by atoms with van der Waals surface area (Å²) in [6.07, 6.45) is -1.44. The first-order valence-corrected chi connectivity index (χ1v) is 11.7. The van der Waals surface area contributed by atoms with Crippen molar-refractivity contribution < 1.29 is 34.8 Å². The molecule has 0 radical (unpaired) electrons. The van der Waals surface area contributed by atoms with Crippen molar-refractivity contribution in [3.05, 3.63) is 58.0 Å². The first kappa shape index (κ1) is 24.9. The average molecular weight is 520 g/mol. The number of alkyl halides is 5. The molecule has 2 aromatic heterocycles. The minimum absolute atomic E-state index is 0.00213. The highest BCUT2D eigenvalue weighted by Gasteiger charge is 2.53. The van der Waals surface area contributed by atoms with E-state index in [4.69, 9.17) is 0 Å². The molecule has 1 atom stereocenters. The van der Waals surface area contributed by atoms with E-state index in [1.807, 2.05) is 0 Å². The van der Waals surface area contributed by atoms with Gasteiger partial charge < -0.3 is 9.88 Å². The van der Waals surface area contributed by atoms with E-state index >= 15 is 0 Å². The zero-order chi connectivity index (χ0) is 25.9. The number of fused-ring (bicyclic) bond motifs is 1. The Morgan fingerprint density at radius 2 is 1.83 bits per heavy atom. The van der Waals surface area contributed by atoms with Gasteiger partial charge in [0.15, 0.2) is 0 Å². The Morgan fingerprint density at radius 3 is 2.40 bits per heavy atom. The second-order valence-electron chi connectivity index (χ2n) is 8.28. The van der Waals surface area contributed by atoms with Gasteiger partial charge in [-0.05, 0) is 32.8 Å². The fourth-order valence-corrected chi connectivity index (χ4v) is 4.71. The van der Waals surface area contributed by atoms with E-state index < -0.39 is 55.2 Å². The zero-order valence-corrected chi connectivity index (χ0v) is 19.0. The molecule has 1 aromatic carbocycles. The van der Waals surface area contributed by atoms with Crippen LogP contribution in [-0.2, 0) is 15.4 Å². The first-order valence-electron chi connectivity index (χ1n) is 10.2. The van der Waals surface area contributed by atoms with Crippen molar-refractivity contribution in [3.63, 3.8) is 0 Å². The van der Waals surface area contributed by atoms with E-state index in [9.17, 15) is 39.6 Å². The van der Waals surface area contributed by atoms with Crippen LogP contribution >= 0.6 is 0 Å². The molecule has 35 heavy (non-hydrogen) atoms. The highest BCUT2D eigenvalue weighted by atomic mass is 32.2. The molecule has 188 valence electrons. The highest BCUT2D eigenvalue weighted by molar-refractivity contribution is 7.92. The summed E-state index contributed by atoms with van der Waals surface area (Å²) in [6, 6.07) is 2.54.